The zero-order valence-electron chi connectivity index (χ0n) is 15.7. The van der Waals surface area contributed by atoms with Gasteiger partial charge in [-0.1, -0.05) is 12.1 Å². The smallest absolute Gasteiger partial charge is 0.255 e. The van der Waals surface area contributed by atoms with Crippen LogP contribution in [0.2, 0.25) is 0 Å². The molecular weight excluding hydrogens is 368 g/mol. The molecule has 0 bridgehead atoms. The Kier molecular flexibility index (Phi) is 5.08. The number of hydrogen-bond acceptors (Lipinski definition) is 4. The minimum absolute atomic E-state index is 0.143. The van der Waals surface area contributed by atoms with E-state index in [0.717, 1.165) is 33.1 Å². The van der Waals surface area contributed by atoms with Crippen LogP contribution in [0.15, 0.2) is 66.7 Å². The van der Waals surface area contributed by atoms with Gasteiger partial charge in [0, 0.05) is 16.8 Å². The number of anilines is 1. The molecule has 0 unspecified atom stereocenters. The van der Waals surface area contributed by atoms with E-state index in [2.05, 4.69) is 11.4 Å². The van der Waals surface area contributed by atoms with Crippen molar-refractivity contribution >= 4 is 33.1 Å². The van der Waals surface area contributed by atoms with Crippen LogP contribution < -0.4 is 10.1 Å². The molecule has 1 N–H and O–H groups in total. The molecule has 3 aromatic carbocycles. The molecule has 28 heavy (non-hydrogen) atoms. The molecule has 0 atom stereocenters. The fraction of sp³-hybridized carbons (Fsp3) is 0.130. The lowest BCUT2D eigenvalue weighted by molar-refractivity contribution is 0.102. The Morgan fingerprint density at radius 3 is 2.57 bits per heavy atom. The largest absolute Gasteiger partial charge is 0.494 e. The third-order valence-corrected chi connectivity index (χ3v) is 5.51. The summed E-state index contributed by atoms with van der Waals surface area (Å²) in [6.07, 6.45) is 0. The highest BCUT2D eigenvalue weighted by Crippen LogP contribution is 2.33. The molecule has 0 aliphatic rings. The van der Waals surface area contributed by atoms with Crippen LogP contribution in [0, 0.1) is 6.92 Å². The van der Waals surface area contributed by atoms with Crippen molar-refractivity contribution in [2.24, 2.45) is 0 Å². The van der Waals surface area contributed by atoms with Gasteiger partial charge in [-0.25, -0.2) is 4.98 Å². The number of amides is 1. The summed E-state index contributed by atoms with van der Waals surface area (Å²) in [5.41, 5.74) is 4.52. The molecule has 0 aliphatic carbocycles. The number of nitrogens with zero attached hydrogens (tertiary/aromatic N) is 1. The Bertz CT molecular complexity index is 1100. The minimum atomic E-state index is -0.143. The summed E-state index contributed by atoms with van der Waals surface area (Å²) in [6.45, 7) is 4.57. The molecule has 4 rings (SSSR count). The van der Waals surface area contributed by atoms with Crippen molar-refractivity contribution in [2.45, 2.75) is 13.8 Å². The fourth-order valence-electron chi connectivity index (χ4n) is 3.04. The SMILES string of the molecule is CCOc1ccc(C(=O)Nc2ccc(-c3nc4ccccc4s3)c(C)c2)cc1. The van der Waals surface area contributed by atoms with Crippen molar-refractivity contribution in [3.8, 4) is 16.3 Å². The van der Waals surface area contributed by atoms with Crippen LogP contribution in [0.5, 0.6) is 5.75 Å². The van der Waals surface area contributed by atoms with E-state index in [9.17, 15) is 4.79 Å². The van der Waals surface area contributed by atoms with Gasteiger partial charge in [-0.2, -0.15) is 0 Å². The molecule has 0 saturated carbocycles. The summed E-state index contributed by atoms with van der Waals surface area (Å²) < 4.78 is 6.59. The van der Waals surface area contributed by atoms with E-state index in [-0.39, 0.29) is 5.91 Å². The molecule has 0 radical (unpaired) electrons. The number of thiazole rings is 1. The van der Waals surface area contributed by atoms with Gasteiger partial charge >= 0.3 is 0 Å². The number of fused-ring (bicyclic) bond motifs is 1. The number of aryl methyl sites for hydroxylation is 1. The number of nitrogens with one attached hydrogen (secondary N) is 1. The molecule has 4 nitrogen and oxygen atoms in total. The number of ether oxygens (including phenoxy) is 1. The van der Waals surface area contributed by atoms with Crippen LogP contribution in [0.1, 0.15) is 22.8 Å². The van der Waals surface area contributed by atoms with Crippen molar-refractivity contribution in [2.75, 3.05) is 11.9 Å². The van der Waals surface area contributed by atoms with E-state index in [4.69, 9.17) is 9.72 Å². The quantitative estimate of drug-likeness (QED) is 0.461. The Balaban J connectivity index is 1.53. The minimum Gasteiger partial charge on any atom is -0.494 e. The van der Waals surface area contributed by atoms with Gasteiger partial charge in [-0.05, 0) is 74.0 Å². The molecule has 1 heterocycles. The van der Waals surface area contributed by atoms with Crippen LogP contribution in [0.25, 0.3) is 20.8 Å². The maximum Gasteiger partial charge on any atom is 0.255 e. The summed E-state index contributed by atoms with van der Waals surface area (Å²) in [6, 6.07) is 21.2. The van der Waals surface area contributed by atoms with Crippen LogP contribution in [-0.4, -0.2) is 17.5 Å². The van der Waals surface area contributed by atoms with Gasteiger partial charge in [0.2, 0.25) is 0 Å². The number of rotatable bonds is 5. The summed E-state index contributed by atoms with van der Waals surface area (Å²) in [5.74, 6) is 0.616. The maximum atomic E-state index is 12.5. The van der Waals surface area contributed by atoms with Crippen LogP contribution in [-0.2, 0) is 0 Å². The van der Waals surface area contributed by atoms with E-state index in [1.807, 2.05) is 50.2 Å². The van der Waals surface area contributed by atoms with Gasteiger partial charge in [0.05, 0.1) is 16.8 Å². The lowest BCUT2D eigenvalue weighted by Gasteiger charge is -2.09. The molecular formula is C23H20N2O2S. The second-order valence-electron chi connectivity index (χ2n) is 6.43. The van der Waals surface area contributed by atoms with E-state index in [0.29, 0.717) is 12.2 Å². The molecule has 1 aromatic heterocycles. The molecule has 5 heteroatoms. The highest BCUT2D eigenvalue weighted by molar-refractivity contribution is 7.21. The van der Waals surface area contributed by atoms with Gasteiger partial charge in [0.1, 0.15) is 10.8 Å². The molecule has 0 spiro atoms. The topological polar surface area (TPSA) is 51.2 Å². The number of benzene rings is 3. The first-order valence-corrected chi connectivity index (χ1v) is 9.96. The van der Waals surface area contributed by atoms with Gasteiger partial charge in [-0.3, -0.25) is 4.79 Å². The molecule has 140 valence electrons. The van der Waals surface area contributed by atoms with E-state index >= 15 is 0 Å². The summed E-state index contributed by atoms with van der Waals surface area (Å²) in [4.78, 5) is 17.2. The number of carbonyl (C=O) groups is 1. The van der Waals surface area contributed by atoms with E-state index < -0.39 is 0 Å². The Morgan fingerprint density at radius 2 is 1.86 bits per heavy atom. The lowest BCUT2D eigenvalue weighted by Crippen LogP contribution is -2.11. The average molecular weight is 388 g/mol. The predicted octanol–water partition coefficient (Wildman–Crippen LogP) is 5.92. The fourth-order valence-corrected chi connectivity index (χ4v) is 4.10. The second kappa shape index (κ2) is 7.82. The second-order valence-corrected chi connectivity index (χ2v) is 7.46. The van der Waals surface area contributed by atoms with Crippen molar-refractivity contribution in [1.29, 1.82) is 0 Å². The molecule has 1 amide bonds. The molecule has 0 aliphatic heterocycles. The summed E-state index contributed by atoms with van der Waals surface area (Å²) in [7, 11) is 0. The first kappa shape index (κ1) is 18.2. The third-order valence-electron chi connectivity index (χ3n) is 4.44. The number of para-hydroxylation sites is 1. The van der Waals surface area contributed by atoms with Gasteiger partial charge in [-0.15, -0.1) is 11.3 Å². The van der Waals surface area contributed by atoms with Crippen LogP contribution in [0.3, 0.4) is 0 Å². The van der Waals surface area contributed by atoms with Gasteiger partial charge in [0.15, 0.2) is 0 Å². The Labute approximate surface area is 167 Å². The average Bonchev–Trinajstić information content (AvgIpc) is 3.12. The highest BCUT2D eigenvalue weighted by atomic mass is 32.1. The number of hydrogen-bond donors (Lipinski definition) is 1. The van der Waals surface area contributed by atoms with Crippen molar-refractivity contribution in [3.63, 3.8) is 0 Å². The van der Waals surface area contributed by atoms with Crippen LogP contribution >= 0.6 is 11.3 Å². The summed E-state index contributed by atoms with van der Waals surface area (Å²) in [5, 5.41) is 3.95. The monoisotopic (exact) mass is 388 g/mol. The van der Waals surface area contributed by atoms with Crippen molar-refractivity contribution in [1.82, 2.24) is 4.98 Å². The van der Waals surface area contributed by atoms with Gasteiger partial charge in [0.25, 0.3) is 5.91 Å². The Morgan fingerprint density at radius 1 is 1.07 bits per heavy atom. The third kappa shape index (κ3) is 3.75. The number of aromatic nitrogens is 1. The summed E-state index contributed by atoms with van der Waals surface area (Å²) >= 11 is 1.68. The van der Waals surface area contributed by atoms with E-state index in [1.54, 1.807) is 35.6 Å². The first-order valence-electron chi connectivity index (χ1n) is 9.15. The van der Waals surface area contributed by atoms with Crippen LogP contribution in [0.4, 0.5) is 5.69 Å². The lowest BCUT2D eigenvalue weighted by atomic mass is 10.1. The zero-order chi connectivity index (χ0) is 19.5. The zero-order valence-corrected chi connectivity index (χ0v) is 16.5. The van der Waals surface area contributed by atoms with Crippen molar-refractivity contribution in [3.05, 3.63) is 77.9 Å². The first-order chi connectivity index (χ1) is 13.6. The van der Waals surface area contributed by atoms with Gasteiger partial charge < -0.3 is 10.1 Å². The predicted molar refractivity (Wildman–Crippen MR) is 115 cm³/mol. The highest BCUT2D eigenvalue weighted by Gasteiger charge is 2.11. The molecule has 0 saturated heterocycles. The Hall–Kier alpha value is -3.18. The molecule has 4 aromatic rings. The number of carbonyl (C=O) groups excluding carboxylic acids is 1. The standard InChI is InChI=1S/C23H20N2O2S/c1-3-27-18-11-8-16(9-12-18)22(26)24-17-10-13-19(15(2)14-17)23-25-20-6-4-5-7-21(20)28-23/h4-14H,3H2,1-2H3,(H,24,26). The molecule has 0 fully saturated rings. The maximum absolute atomic E-state index is 12.5. The van der Waals surface area contributed by atoms with E-state index in [1.165, 1.54) is 4.70 Å². The van der Waals surface area contributed by atoms with Crippen molar-refractivity contribution < 1.29 is 9.53 Å². The normalized spacial score (nSPS) is 10.8.